The van der Waals surface area contributed by atoms with Gasteiger partial charge in [-0.1, -0.05) is 37.3 Å². The van der Waals surface area contributed by atoms with Crippen LogP contribution in [0.2, 0.25) is 0 Å². The van der Waals surface area contributed by atoms with Crippen LogP contribution in [0.1, 0.15) is 33.3 Å². The van der Waals surface area contributed by atoms with Gasteiger partial charge in [0.15, 0.2) is 5.96 Å². The van der Waals surface area contributed by atoms with Gasteiger partial charge in [0, 0.05) is 54.0 Å². The van der Waals surface area contributed by atoms with Crippen molar-refractivity contribution < 1.29 is 4.21 Å². The monoisotopic (exact) mass is 506 g/mol. The van der Waals surface area contributed by atoms with Gasteiger partial charge in [-0.3, -0.25) is 14.1 Å². The Morgan fingerprint density at radius 1 is 1.30 bits per heavy atom. The molecular formula is C20H35IN4OS. The highest BCUT2D eigenvalue weighted by Gasteiger charge is 2.31. The second-order valence-corrected chi connectivity index (χ2v) is 8.89. The molecule has 1 aromatic rings. The van der Waals surface area contributed by atoms with E-state index < -0.39 is 10.8 Å². The first-order valence-corrected chi connectivity index (χ1v) is 11.2. The van der Waals surface area contributed by atoms with Crippen LogP contribution in [0, 0.1) is 5.92 Å². The van der Waals surface area contributed by atoms with Crippen LogP contribution in [0.5, 0.6) is 0 Å². The van der Waals surface area contributed by atoms with Gasteiger partial charge in [-0.25, -0.2) is 0 Å². The Morgan fingerprint density at radius 3 is 2.59 bits per heavy atom. The van der Waals surface area contributed by atoms with E-state index in [0.29, 0.717) is 36.1 Å². The molecule has 27 heavy (non-hydrogen) atoms. The minimum Gasteiger partial charge on any atom is -0.357 e. The molecule has 1 aromatic carbocycles. The van der Waals surface area contributed by atoms with Crippen LogP contribution in [-0.2, 0) is 16.6 Å². The first-order chi connectivity index (χ1) is 12.5. The molecule has 0 spiro atoms. The van der Waals surface area contributed by atoms with Crippen LogP contribution >= 0.6 is 24.0 Å². The number of nitrogens with zero attached hydrogens (tertiary/aromatic N) is 2. The average Bonchev–Trinajstić information content (AvgIpc) is 2.97. The summed E-state index contributed by atoms with van der Waals surface area (Å²) in [5, 5.41) is 6.89. The van der Waals surface area contributed by atoms with E-state index in [4.69, 9.17) is 0 Å². The normalized spacial score (nSPS) is 21.7. The van der Waals surface area contributed by atoms with E-state index in [1.165, 1.54) is 0 Å². The highest BCUT2D eigenvalue weighted by Crippen LogP contribution is 2.18. The quantitative estimate of drug-likeness (QED) is 0.324. The second-order valence-electron chi connectivity index (χ2n) is 7.31. The number of nitrogens with one attached hydrogen (secondary N) is 2. The molecule has 1 aliphatic rings. The van der Waals surface area contributed by atoms with Gasteiger partial charge >= 0.3 is 0 Å². The lowest BCUT2D eigenvalue weighted by molar-refractivity contribution is 0.265. The summed E-state index contributed by atoms with van der Waals surface area (Å²) in [6.45, 7) is 12.4. The molecule has 3 atom stereocenters. The molecule has 2 rings (SSSR count). The molecule has 0 saturated carbocycles. The highest BCUT2D eigenvalue weighted by molar-refractivity contribution is 14.0. The molecule has 2 N–H and O–H groups in total. The summed E-state index contributed by atoms with van der Waals surface area (Å²) < 4.78 is 12.3. The zero-order chi connectivity index (χ0) is 18.9. The fourth-order valence-corrected chi connectivity index (χ4v) is 4.20. The summed E-state index contributed by atoms with van der Waals surface area (Å²) in [6.07, 6.45) is 0. The molecular weight excluding hydrogens is 471 g/mol. The molecule has 1 aliphatic heterocycles. The first kappa shape index (κ1) is 24.4. The number of likely N-dealkylation sites (tertiary alicyclic amines) is 1. The summed E-state index contributed by atoms with van der Waals surface area (Å²) in [7, 11) is -0.885. The van der Waals surface area contributed by atoms with Crippen LogP contribution in [0.3, 0.4) is 0 Å². The van der Waals surface area contributed by atoms with E-state index >= 15 is 0 Å². The van der Waals surface area contributed by atoms with Crippen LogP contribution in [0.4, 0.5) is 0 Å². The SMILES string of the molecule is CCNC(=NCCS(=O)Cc1ccccc1)NC1CN(C(C)C)CC1C.I. The Morgan fingerprint density at radius 2 is 2.00 bits per heavy atom. The Balaban J connectivity index is 0.00000364. The summed E-state index contributed by atoms with van der Waals surface area (Å²) >= 11 is 0. The lowest BCUT2D eigenvalue weighted by atomic mass is 10.1. The lowest BCUT2D eigenvalue weighted by Crippen LogP contribution is -2.47. The van der Waals surface area contributed by atoms with Crippen molar-refractivity contribution in [3.8, 4) is 0 Å². The summed E-state index contributed by atoms with van der Waals surface area (Å²) in [5.41, 5.74) is 1.12. The Kier molecular flexibility index (Phi) is 11.5. The highest BCUT2D eigenvalue weighted by atomic mass is 127. The van der Waals surface area contributed by atoms with Crippen LogP contribution in [0.15, 0.2) is 35.3 Å². The van der Waals surface area contributed by atoms with E-state index in [9.17, 15) is 4.21 Å². The van der Waals surface area contributed by atoms with Crippen molar-refractivity contribution in [1.82, 2.24) is 15.5 Å². The number of guanidine groups is 1. The van der Waals surface area contributed by atoms with E-state index in [1.54, 1.807) is 0 Å². The third-order valence-electron chi connectivity index (χ3n) is 4.80. The predicted octanol–water partition coefficient (Wildman–Crippen LogP) is 2.84. The standard InChI is InChI=1S/C20H34N4OS.HI/c1-5-21-20(23-19-14-24(16(2)3)13-17(19)4)22-11-12-26(25)15-18-9-7-6-8-10-18;/h6-10,16-17,19H,5,11-15H2,1-4H3,(H2,21,22,23);1H. The fourth-order valence-electron chi connectivity index (χ4n) is 3.20. The van der Waals surface area contributed by atoms with Crippen molar-refractivity contribution in [2.75, 3.05) is 31.9 Å². The zero-order valence-corrected chi connectivity index (χ0v) is 20.1. The summed E-state index contributed by atoms with van der Waals surface area (Å²) in [5.74, 6) is 2.62. The van der Waals surface area contributed by atoms with E-state index in [1.807, 2.05) is 30.3 Å². The third kappa shape index (κ3) is 8.48. The first-order valence-electron chi connectivity index (χ1n) is 9.67. The number of benzene rings is 1. The lowest BCUT2D eigenvalue weighted by Gasteiger charge is -2.21. The molecule has 0 radical (unpaired) electrons. The Hall–Kier alpha value is -0.670. The van der Waals surface area contributed by atoms with Gasteiger partial charge < -0.3 is 10.6 Å². The maximum absolute atomic E-state index is 12.3. The second kappa shape index (κ2) is 12.7. The number of hydrogen-bond acceptors (Lipinski definition) is 3. The Bertz CT molecular complexity index is 597. The molecule has 7 heteroatoms. The molecule has 0 bridgehead atoms. The maximum atomic E-state index is 12.3. The molecule has 0 aliphatic carbocycles. The minimum atomic E-state index is -0.885. The molecule has 1 fully saturated rings. The van der Waals surface area contributed by atoms with Crippen molar-refractivity contribution in [1.29, 1.82) is 0 Å². The van der Waals surface area contributed by atoms with Crippen LogP contribution in [-0.4, -0.2) is 59.1 Å². The molecule has 1 heterocycles. The number of aliphatic imine (C=N–C) groups is 1. The van der Waals surface area contributed by atoms with Gasteiger partial charge in [0.25, 0.3) is 0 Å². The van der Waals surface area contributed by atoms with E-state index in [0.717, 1.165) is 31.2 Å². The van der Waals surface area contributed by atoms with Crippen molar-refractivity contribution in [3.63, 3.8) is 0 Å². The van der Waals surface area contributed by atoms with Crippen molar-refractivity contribution >= 4 is 40.7 Å². The molecule has 0 amide bonds. The maximum Gasteiger partial charge on any atom is 0.191 e. The van der Waals surface area contributed by atoms with Crippen LogP contribution < -0.4 is 10.6 Å². The van der Waals surface area contributed by atoms with Crippen molar-refractivity contribution in [3.05, 3.63) is 35.9 Å². The molecule has 5 nitrogen and oxygen atoms in total. The zero-order valence-electron chi connectivity index (χ0n) is 17.0. The van der Waals surface area contributed by atoms with Gasteiger partial charge in [0.1, 0.15) is 0 Å². The van der Waals surface area contributed by atoms with Crippen LogP contribution in [0.25, 0.3) is 0 Å². The van der Waals surface area contributed by atoms with Gasteiger partial charge in [0.2, 0.25) is 0 Å². The van der Waals surface area contributed by atoms with Gasteiger partial charge in [-0.05, 0) is 32.3 Å². The minimum absolute atomic E-state index is 0. The Labute approximate surface area is 184 Å². The number of rotatable bonds is 8. The third-order valence-corrected chi connectivity index (χ3v) is 6.09. The predicted molar refractivity (Wildman–Crippen MR) is 127 cm³/mol. The molecule has 3 unspecified atom stereocenters. The number of hydrogen-bond donors (Lipinski definition) is 2. The summed E-state index contributed by atoms with van der Waals surface area (Å²) in [6, 6.07) is 11.0. The van der Waals surface area contributed by atoms with Crippen molar-refractivity contribution in [2.24, 2.45) is 10.9 Å². The number of halogens is 1. The topological polar surface area (TPSA) is 56.7 Å². The molecule has 1 saturated heterocycles. The van der Waals surface area contributed by atoms with Gasteiger partial charge in [-0.2, -0.15) is 0 Å². The van der Waals surface area contributed by atoms with Gasteiger partial charge in [0.05, 0.1) is 6.54 Å². The summed E-state index contributed by atoms with van der Waals surface area (Å²) in [4.78, 5) is 7.15. The van der Waals surface area contributed by atoms with E-state index in [2.05, 4.69) is 48.2 Å². The average molecular weight is 506 g/mol. The van der Waals surface area contributed by atoms with Gasteiger partial charge in [-0.15, -0.1) is 24.0 Å². The van der Waals surface area contributed by atoms with Crippen molar-refractivity contribution in [2.45, 2.75) is 45.5 Å². The smallest absolute Gasteiger partial charge is 0.191 e. The molecule has 154 valence electrons. The molecule has 0 aromatic heterocycles. The largest absolute Gasteiger partial charge is 0.357 e. The van der Waals surface area contributed by atoms with E-state index in [-0.39, 0.29) is 24.0 Å². The fraction of sp³-hybridized carbons (Fsp3) is 0.650.